The molecule has 1 aromatic carbocycles. The first-order chi connectivity index (χ1) is 10.7. The molecule has 0 spiro atoms. The van der Waals surface area contributed by atoms with Crippen LogP contribution in [0.25, 0.3) is 10.9 Å². The number of pyridine rings is 1. The lowest BCUT2D eigenvalue weighted by Gasteiger charge is -2.25. The Morgan fingerprint density at radius 2 is 1.95 bits per heavy atom. The molecule has 0 bridgehead atoms. The highest BCUT2D eigenvalue weighted by atomic mass is 16.1. The van der Waals surface area contributed by atoms with Gasteiger partial charge >= 0.3 is 0 Å². The zero-order chi connectivity index (χ0) is 15.5. The number of benzene rings is 1. The molecule has 1 saturated heterocycles. The van der Waals surface area contributed by atoms with Crippen LogP contribution >= 0.6 is 0 Å². The van der Waals surface area contributed by atoms with Gasteiger partial charge in [-0.05, 0) is 37.0 Å². The monoisotopic (exact) mass is 295 g/mol. The third kappa shape index (κ3) is 2.59. The number of nitrogens with one attached hydrogen (secondary N) is 1. The van der Waals surface area contributed by atoms with E-state index in [4.69, 9.17) is 0 Å². The van der Waals surface area contributed by atoms with Crippen molar-refractivity contribution < 1.29 is 0 Å². The molecular formula is C18H21N3O. The van der Waals surface area contributed by atoms with Crippen molar-refractivity contribution in [1.82, 2.24) is 4.98 Å². The average Bonchev–Trinajstić information content (AvgIpc) is 2.82. The molecule has 0 amide bonds. The topological polar surface area (TPSA) is 59.9 Å². The lowest BCUT2D eigenvalue weighted by Crippen LogP contribution is -2.28. The summed E-state index contributed by atoms with van der Waals surface area (Å²) in [5.41, 5.74) is 2.85. The molecule has 0 unspecified atom stereocenters. The Hall–Kier alpha value is -2.28. The van der Waals surface area contributed by atoms with Crippen molar-refractivity contribution in [3.05, 3.63) is 39.7 Å². The second-order valence-electron chi connectivity index (χ2n) is 5.92. The van der Waals surface area contributed by atoms with Gasteiger partial charge in [-0.3, -0.25) is 4.79 Å². The SMILES string of the molecule is CCc1ccc2[nH]c(=O)c(C#N)c(N3CCCCCC3)c2c1. The van der Waals surface area contributed by atoms with E-state index in [9.17, 15) is 10.1 Å². The first kappa shape index (κ1) is 14.6. The molecule has 1 aromatic heterocycles. The van der Waals surface area contributed by atoms with Crippen LogP contribution in [0.3, 0.4) is 0 Å². The molecule has 114 valence electrons. The highest BCUT2D eigenvalue weighted by molar-refractivity contribution is 5.94. The lowest BCUT2D eigenvalue weighted by molar-refractivity contribution is 0.726. The lowest BCUT2D eigenvalue weighted by atomic mass is 10.0. The molecule has 4 nitrogen and oxygen atoms in total. The second-order valence-corrected chi connectivity index (χ2v) is 5.92. The summed E-state index contributed by atoms with van der Waals surface area (Å²) >= 11 is 0. The molecule has 1 N–H and O–H groups in total. The fourth-order valence-corrected chi connectivity index (χ4v) is 3.27. The third-order valence-corrected chi connectivity index (χ3v) is 4.49. The van der Waals surface area contributed by atoms with Gasteiger partial charge in [-0.15, -0.1) is 0 Å². The number of aryl methyl sites for hydroxylation is 1. The van der Waals surface area contributed by atoms with Crippen LogP contribution in [0.5, 0.6) is 0 Å². The maximum atomic E-state index is 12.3. The molecule has 4 heteroatoms. The fourth-order valence-electron chi connectivity index (χ4n) is 3.27. The average molecular weight is 295 g/mol. The van der Waals surface area contributed by atoms with Crippen molar-refractivity contribution >= 4 is 16.6 Å². The smallest absolute Gasteiger partial charge is 0.268 e. The van der Waals surface area contributed by atoms with Crippen molar-refractivity contribution in [2.75, 3.05) is 18.0 Å². The van der Waals surface area contributed by atoms with E-state index < -0.39 is 0 Å². The van der Waals surface area contributed by atoms with Gasteiger partial charge in [0.15, 0.2) is 0 Å². The number of nitriles is 1. The number of aromatic nitrogens is 1. The molecule has 0 saturated carbocycles. The molecule has 3 rings (SSSR count). The number of H-pyrrole nitrogens is 1. The summed E-state index contributed by atoms with van der Waals surface area (Å²) in [4.78, 5) is 17.4. The second kappa shape index (κ2) is 6.23. The molecule has 1 aliphatic heterocycles. The van der Waals surface area contributed by atoms with Gasteiger partial charge in [-0.2, -0.15) is 5.26 Å². The maximum absolute atomic E-state index is 12.3. The quantitative estimate of drug-likeness (QED) is 0.924. The van der Waals surface area contributed by atoms with E-state index in [2.05, 4.69) is 28.9 Å². The van der Waals surface area contributed by atoms with Gasteiger partial charge in [0.2, 0.25) is 0 Å². The molecule has 22 heavy (non-hydrogen) atoms. The predicted molar refractivity (Wildman–Crippen MR) is 89.3 cm³/mol. The Labute approximate surface area is 130 Å². The Morgan fingerprint density at radius 3 is 2.59 bits per heavy atom. The molecule has 2 aromatic rings. The minimum absolute atomic E-state index is 0.252. The van der Waals surface area contributed by atoms with Gasteiger partial charge in [-0.25, -0.2) is 0 Å². The van der Waals surface area contributed by atoms with Crippen LogP contribution in [-0.2, 0) is 6.42 Å². The summed E-state index contributed by atoms with van der Waals surface area (Å²) in [5, 5.41) is 10.5. The van der Waals surface area contributed by atoms with Crippen LogP contribution in [0.2, 0.25) is 0 Å². The molecule has 1 aliphatic rings. The van der Waals surface area contributed by atoms with Crippen LogP contribution < -0.4 is 10.5 Å². The number of rotatable bonds is 2. The Balaban J connectivity index is 2.27. The molecule has 1 fully saturated rings. The maximum Gasteiger partial charge on any atom is 0.268 e. The molecular weight excluding hydrogens is 274 g/mol. The standard InChI is InChI=1S/C18H21N3O/c1-2-13-7-8-16-14(11-13)17(15(12-19)18(22)20-16)21-9-5-3-4-6-10-21/h7-8,11H,2-6,9-10H2,1H3,(H,20,22). The van der Waals surface area contributed by atoms with E-state index in [-0.39, 0.29) is 11.1 Å². The van der Waals surface area contributed by atoms with Crippen LogP contribution in [0.1, 0.15) is 43.7 Å². The van der Waals surface area contributed by atoms with Gasteiger partial charge in [0.1, 0.15) is 11.6 Å². The van der Waals surface area contributed by atoms with Crippen molar-refractivity contribution in [3.8, 4) is 6.07 Å². The van der Waals surface area contributed by atoms with E-state index in [1.807, 2.05) is 12.1 Å². The van der Waals surface area contributed by atoms with Crippen LogP contribution in [0.15, 0.2) is 23.0 Å². The van der Waals surface area contributed by atoms with Crippen molar-refractivity contribution in [1.29, 1.82) is 5.26 Å². The van der Waals surface area contributed by atoms with E-state index >= 15 is 0 Å². The van der Waals surface area contributed by atoms with Crippen LogP contribution in [-0.4, -0.2) is 18.1 Å². The summed E-state index contributed by atoms with van der Waals surface area (Å²) in [6.07, 6.45) is 5.62. The number of anilines is 1. The zero-order valence-corrected chi connectivity index (χ0v) is 13.0. The largest absolute Gasteiger partial charge is 0.370 e. The van der Waals surface area contributed by atoms with Gasteiger partial charge in [0, 0.05) is 18.5 Å². The first-order valence-corrected chi connectivity index (χ1v) is 8.08. The Bertz CT molecular complexity index is 777. The number of nitrogens with zero attached hydrogens (tertiary/aromatic N) is 2. The summed E-state index contributed by atoms with van der Waals surface area (Å²) in [6.45, 7) is 3.96. The van der Waals surface area contributed by atoms with Crippen molar-refractivity contribution in [3.63, 3.8) is 0 Å². The van der Waals surface area contributed by atoms with E-state index in [0.717, 1.165) is 48.9 Å². The van der Waals surface area contributed by atoms with Gasteiger partial charge in [-0.1, -0.05) is 25.8 Å². The van der Waals surface area contributed by atoms with E-state index in [0.29, 0.717) is 0 Å². The Kier molecular flexibility index (Phi) is 4.15. The number of hydrogen-bond acceptors (Lipinski definition) is 3. The minimum Gasteiger partial charge on any atom is -0.370 e. The van der Waals surface area contributed by atoms with Gasteiger partial charge in [0.25, 0.3) is 5.56 Å². The number of aromatic amines is 1. The molecule has 0 atom stereocenters. The zero-order valence-electron chi connectivity index (χ0n) is 13.0. The van der Waals surface area contributed by atoms with E-state index in [1.54, 1.807) is 0 Å². The molecule has 0 radical (unpaired) electrons. The summed E-state index contributed by atoms with van der Waals surface area (Å²) in [6, 6.07) is 8.24. The van der Waals surface area contributed by atoms with Crippen LogP contribution in [0.4, 0.5) is 5.69 Å². The van der Waals surface area contributed by atoms with Gasteiger partial charge in [0.05, 0.1) is 11.2 Å². The number of fused-ring (bicyclic) bond motifs is 1. The summed E-state index contributed by atoms with van der Waals surface area (Å²) < 4.78 is 0. The summed E-state index contributed by atoms with van der Waals surface area (Å²) in [7, 11) is 0. The summed E-state index contributed by atoms with van der Waals surface area (Å²) in [5.74, 6) is 0. The van der Waals surface area contributed by atoms with Crippen molar-refractivity contribution in [2.24, 2.45) is 0 Å². The highest BCUT2D eigenvalue weighted by Crippen LogP contribution is 2.30. The fraction of sp³-hybridized carbons (Fsp3) is 0.444. The van der Waals surface area contributed by atoms with Crippen molar-refractivity contribution in [2.45, 2.75) is 39.0 Å². The predicted octanol–water partition coefficient (Wildman–Crippen LogP) is 3.34. The Morgan fingerprint density at radius 1 is 1.23 bits per heavy atom. The minimum atomic E-state index is -0.279. The van der Waals surface area contributed by atoms with Gasteiger partial charge < -0.3 is 9.88 Å². The molecule has 0 aliphatic carbocycles. The normalized spacial score (nSPS) is 15.5. The van der Waals surface area contributed by atoms with Crippen LogP contribution in [0, 0.1) is 11.3 Å². The first-order valence-electron chi connectivity index (χ1n) is 8.08. The number of hydrogen-bond donors (Lipinski definition) is 1. The molecule has 2 heterocycles. The van der Waals surface area contributed by atoms with E-state index in [1.165, 1.54) is 18.4 Å². The third-order valence-electron chi connectivity index (χ3n) is 4.49. The highest BCUT2D eigenvalue weighted by Gasteiger charge is 2.19.